The summed E-state index contributed by atoms with van der Waals surface area (Å²) in [4.78, 5) is 0. The minimum atomic E-state index is 0.577. The molecule has 0 radical (unpaired) electrons. The van der Waals surface area contributed by atoms with Gasteiger partial charge in [0.2, 0.25) is 0 Å². The third-order valence-electron chi connectivity index (χ3n) is 3.55. The van der Waals surface area contributed by atoms with Crippen molar-refractivity contribution in [1.82, 2.24) is 5.32 Å². The van der Waals surface area contributed by atoms with E-state index < -0.39 is 0 Å². The molecule has 1 aliphatic rings. The molecule has 0 spiro atoms. The molecule has 1 aromatic rings. The zero-order valence-corrected chi connectivity index (χ0v) is 11.7. The van der Waals surface area contributed by atoms with Gasteiger partial charge < -0.3 is 14.8 Å². The zero-order chi connectivity index (χ0) is 13.1. The topological polar surface area (TPSA) is 30.5 Å². The zero-order valence-electron chi connectivity index (χ0n) is 11.7. The van der Waals surface area contributed by atoms with Crippen LogP contribution in [0.3, 0.4) is 0 Å². The van der Waals surface area contributed by atoms with E-state index in [1.807, 2.05) is 0 Å². The molecule has 0 fully saturated rings. The number of rotatable bonds is 4. The first kappa shape index (κ1) is 13.2. The summed E-state index contributed by atoms with van der Waals surface area (Å²) in [6.45, 7) is 6.52. The van der Waals surface area contributed by atoms with Gasteiger partial charge >= 0.3 is 0 Å². The second-order valence-corrected chi connectivity index (χ2v) is 5.36. The predicted molar refractivity (Wildman–Crippen MR) is 73.4 cm³/mol. The van der Waals surface area contributed by atoms with Gasteiger partial charge in [-0.1, -0.05) is 13.8 Å². The van der Waals surface area contributed by atoms with Gasteiger partial charge in [0.1, 0.15) is 0 Å². The van der Waals surface area contributed by atoms with Crippen LogP contribution in [0.4, 0.5) is 0 Å². The largest absolute Gasteiger partial charge is 0.493 e. The van der Waals surface area contributed by atoms with Crippen molar-refractivity contribution in [3.63, 3.8) is 0 Å². The van der Waals surface area contributed by atoms with Crippen LogP contribution in [-0.4, -0.2) is 20.8 Å². The third-order valence-corrected chi connectivity index (χ3v) is 3.55. The van der Waals surface area contributed by atoms with E-state index in [0.29, 0.717) is 11.8 Å². The summed E-state index contributed by atoms with van der Waals surface area (Å²) in [7, 11) is 3.38. The molecule has 2 rings (SSSR count). The molecule has 1 aliphatic heterocycles. The van der Waals surface area contributed by atoms with E-state index >= 15 is 0 Å². The molecule has 0 amide bonds. The van der Waals surface area contributed by atoms with Gasteiger partial charge in [-0.15, -0.1) is 0 Å². The van der Waals surface area contributed by atoms with Gasteiger partial charge in [0.05, 0.1) is 14.2 Å². The van der Waals surface area contributed by atoms with Gasteiger partial charge in [-0.25, -0.2) is 0 Å². The molecule has 1 unspecified atom stereocenters. The van der Waals surface area contributed by atoms with E-state index in [4.69, 9.17) is 9.47 Å². The molecule has 1 heterocycles. The van der Waals surface area contributed by atoms with E-state index in [0.717, 1.165) is 24.6 Å². The van der Waals surface area contributed by atoms with Crippen molar-refractivity contribution in [1.29, 1.82) is 0 Å². The number of nitrogens with one attached hydrogen (secondary N) is 1. The lowest BCUT2D eigenvalue weighted by Gasteiger charge is -2.28. The first-order valence-corrected chi connectivity index (χ1v) is 6.61. The van der Waals surface area contributed by atoms with Crippen molar-refractivity contribution < 1.29 is 9.47 Å². The minimum Gasteiger partial charge on any atom is -0.493 e. The number of benzene rings is 1. The van der Waals surface area contributed by atoms with Crippen LogP contribution in [0.15, 0.2) is 12.1 Å². The SMILES string of the molecule is COc1cc2c(cc1OC)C(CC(C)C)CNC2. The Bertz CT molecular complexity index is 415. The smallest absolute Gasteiger partial charge is 0.161 e. The Morgan fingerprint density at radius 1 is 1.22 bits per heavy atom. The van der Waals surface area contributed by atoms with Gasteiger partial charge in [-0.05, 0) is 41.5 Å². The number of hydrogen-bond donors (Lipinski definition) is 1. The van der Waals surface area contributed by atoms with Gasteiger partial charge in [0.15, 0.2) is 11.5 Å². The Morgan fingerprint density at radius 2 is 1.89 bits per heavy atom. The van der Waals surface area contributed by atoms with Crippen LogP contribution in [-0.2, 0) is 6.54 Å². The van der Waals surface area contributed by atoms with Crippen LogP contribution in [0.25, 0.3) is 0 Å². The van der Waals surface area contributed by atoms with Crippen LogP contribution in [0.5, 0.6) is 11.5 Å². The Morgan fingerprint density at radius 3 is 2.50 bits per heavy atom. The molecule has 18 heavy (non-hydrogen) atoms. The number of methoxy groups -OCH3 is 2. The van der Waals surface area contributed by atoms with Crippen molar-refractivity contribution >= 4 is 0 Å². The van der Waals surface area contributed by atoms with Crippen molar-refractivity contribution in [2.45, 2.75) is 32.7 Å². The van der Waals surface area contributed by atoms with Gasteiger partial charge in [-0.3, -0.25) is 0 Å². The normalized spacial score (nSPS) is 18.6. The summed E-state index contributed by atoms with van der Waals surface area (Å²) >= 11 is 0. The predicted octanol–water partition coefficient (Wildman–Crippen LogP) is 2.94. The number of fused-ring (bicyclic) bond motifs is 1. The first-order chi connectivity index (χ1) is 8.65. The van der Waals surface area contributed by atoms with Gasteiger partial charge in [0, 0.05) is 13.1 Å². The molecule has 0 aliphatic carbocycles. The maximum Gasteiger partial charge on any atom is 0.161 e. The minimum absolute atomic E-state index is 0.577. The third kappa shape index (κ3) is 2.61. The molecule has 1 atom stereocenters. The maximum atomic E-state index is 5.41. The molecule has 0 saturated heterocycles. The van der Waals surface area contributed by atoms with E-state index in [2.05, 4.69) is 31.3 Å². The van der Waals surface area contributed by atoms with E-state index in [-0.39, 0.29) is 0 Å². The fraction of sp³-hybridized carbons (Fsp3) is 0.600. The molecule has 0 saturated carbocycles. The molecule has 3 nitrogen and oxygen atoms in total. The summed E-state index contributed by atoms with van der Waals surface area (Å²) in [5.74, 6) is 2.94. The highest BCUT2D eigenvalue weighted by atomic mass is 16.5. The van der Waals surface area contributed by atoms with E-state index in [1.54, 1.807) is 14.2 Å². The Kier molecular flexibility index (Phi) is 4.12. The Balaban J connectivity index is 2.37. The standard InChI is InChI=1S/C15H23NO2/c1-10(2)5-11-8-16-9-12-6-14(17-3)15(18-4)7-13(11)12/h6-7,10-11,16H,5,8-9H2,1-4H3. The van der Waals surface area contributed by atoms with E-state index in [1.165, 1.54) is 17.5 Å². The summed E-state index contributed by atoms with van der Waals surface area (Å²) in [6.07, 6.45) is 1.20. The van der Waals surface area contributed by atoms with Crippen LogP contribution in [0.2, 0.25) is 0 Å². The fourth-order valence-corrected chi connectivity index (χ4v) is 2.74. The van der Waals surface area contributed by atoms with Gasteiger partial charge in [0.25, 0.3) is 0 Å². The van der Waals surface area contributed by atoms with Crippen LogP contribution in [0.1, 0.15) is 37.3 Å². The molecule has 0 bridgehead atoms. The van der Waals surface area contributed by atoms with Crippen molar-refractivity contribution in [3.8, 4) is 11.5 Å². The summed E-state index contributed by atoms with van der Waals surface area (Å²) < 4.78 is 10.8. The highest BCUT2D eigenvalue weighted by Crippen LogP contribution is 2.37. The maximum absolute atomic E-state index is 5.41. The molecular formula is C15H23NO2. The van der Waals surface area contributed by atoms with Crippen molar-refractivity contribution in [2.75, 3.05) is 20.8 Å². The second-order valence-electron chi connectivity index (χ2n) is 5.36. The van der Waals surface area contributed by atoms with Crippen LogP contribution >= 0.6 is 0 Å². The molecule has 1 aromatic carbocycles. The molecule has 100 valence electrons. The molecule has 1 N–H and O–H groups in total. The summed E-state index contributed by atoms with van der Waals surface area (Å²) in [6, 6.07) is 4.26. The summed E-state index contributed by atoms with van der Waals surface area (Å²) in [5, 5.41) is 3.49. The van der Waals surface area contributed by atoms with Crippen LogP contribution in [0, 0.1) is 5.92 Å². The lowest BCUT2D eigenvalue weighted by Crippen LogP contribution is -2.29. The lowest BCUT2D eigenvalue weighted by atomic mass is 9.85. The molecule has 0 aromatic heterocycles. The first-order valence-electron chi connectivity index (χ1n) is 6.61. The highest BCUT2D eigenvalue weighted by molar-refractivity contribution is 5.49. The Labute approximate surface area is 109 Å². The second kappa shape index (κ2) is 5.61. The quantitative estimate of drug-likeness (QED) is 0.890. The fourth-order valence-electron chi connectivity index (χ4n) is 2.74. The van der Waals surface area contributed by atoms with Crippen molar-refractivity contribution in [3.05, 3.63) is 23.3 Å². The monoisotopic (exact) mass is 249 g/mol. The average Bonchev–Trinajstić information content (AvgIpc) is 2.37. The number of ether oxygens (including phenoxy) is 2. The summed E-state index contributed by atoms with van der Waals surface area (Å²) in [5.41, 5.74) is 2.75. The Hall–Kier alpha value is -1.22. The molecule has 3 heteroatoms. The van der Waals surface area contributed by atoms with Crippen molar-refractivity contribution in [2.24, 2.45) is 5.92 Å². The number of hydrogen-bond acceptors (Lipinski definition) is 3. The highest BCUT2D eigenvalue weighted by Gasteiger charge is 2.23. The lowest BCUT2D eigenvalue weighted by molar-refractivity contribution is 0.351. The van der Waals surface area contributed by atoms with Gasteiger partial charge in [-0.2, -0.15) is 0 Å². The average molecular weight is 249 g/mol. The van der Waals surface area contributed by atoms with Crippen LogP contribution < -0.4 is 14.8 Å². The molecular weight excluding hydrogens is 226 g/mol. The van der Waals surface area contributed by atoms with E-state index in [9.17, 15) is 0 Å².